The molecular weight excluding hydrogens is 244 g/mol. The molecule has 0 aliphatic carbocycles. The Kier molecular flexibility index (Phi) is 4.36. The van der Waals surface area contributed by atoms with E-state index >= 15 is 0 Å². The zero-order valence-corrected chi connectivity index (χ0v) is 12.2. The van der Waals surface area contributed by atoms with E-state index in [2.05, 4.69) is 0 Å². The molecule has 3 atom stereocenters. The van der Waals surface area contributed by atoms with Crippen LogP contribution in [-0.2, 0) is 9.47 Å². The normalized spacial score (nSPS) is 32.4. The fraction of sp³-hybridized carbons (Fsp3) is 0.929. The van der Waals surface area contributed by atoms with Crippen molar-refractivity contribution in [1.82, 2.24) is 4.90 Å². The number of carbonyl (C=O) groups is 1. The van der Waals surface area contributed by atoms with Gasteiger partial charge in [-0.3, -0.25) is 0 Å². The van der Waals surface area contributed by atoms with Crippen LogP contribution in [0.2, 0.25) is 0 Å². The van der Waals surface area contributed by atoms with E-state index in [9.17, 15) is 4.79 Å². The van der Waals surface area contributed by atoms with Crippen LogP contribution in [0.1, 0.15) is 40.0 Å². The molecule has 0 aromatic carbocycles. The lowest BCUT2D eigenvalue weighted by molar-refractivity contribution is -0.0294. The molecule has 0 spiro atoms. The fourth-order valence-corrected chi connectivity index (χ4v) is 2.97. The first-order chi connectivity index (χ1) is 8.88. The maximum absolute atomic E-state index is 12.4. The predicted molar refractivity (Wildman–Crippen MR) is 72.9 cm³/mol. The number of amides is 1. The number of ether oxygens (including phenoxy) is 2. The molecule has 0 bridgehead atoms. The van der Waals surface area contributed by atoms with Gasteiger partial charge in [-0.2, -0.15) is 0 Å². The van der Waals surface area contributed by atoms with Gasteiger partial charge in [0, 0.05) is 31.2 Å². The lowest BCUT2D eigenvalue weighted by atomic mass is 9.88. The van der Waals surface area contributed by atoms with Crippen LogP contribution in [0.15, 0.2) is 0 Å². The summed E-state index contributed by atoms with van der Waals surface area (Å²) < 4.78 is 11.1. The van der Waals surface area contributed by atoms with E-state index in [1.165, 1.54) is 0 Å². The van der Waals surface area contributed by atoms with Crippen LogP contribution in [0.5, 0.6) is 0 Å². The highest BCUT2D eigenvalue weighted by molar-refractivity contribution is 5.68. The number of likely N-dealkylation sites (tertiary alicyclic amines) is 1. The lowest BCUT2D eigenvalue weighted by Gasteiger charge is -2.40. The van der Waals surface area contributed by atoms with Crippen LogP contribution in [0.25, 0.3) is 0 Å². The molecule has 3 unspecified atom stereocenters. The van der Waals surface area contributed by atoms with Gasteiger partial charge in [0.05, 0.1) is 6.61 Å². The molecule has 0 saturated carbocycles. The minimum absolute atomic E-state index is 0.123. The zero-order valence-electron chi connectivity index (χ0n) is 12.2. The van der Waals surface area contributed by atoms with Crippen molar-refractivity contribution in [3.05, 3.63) is 0 Å². The van der Waals surface area contributed by atoms with Crippen molar-refractivity contribution in [3.8, 4) is 0 Å². The smallest absolute Gasteiger partial charge is 0.410 e. The summed E-state index contributed by atoms with van der Waals surface area (Å²) in [6, 6.07) is 0.291. The van der Waals surface area contributed by atoms with Gasteiger partial charge >= 0.3 is 6.09 Å². The summed E-state index contributed by atoms with van der Waals surface area (Å²) in [5.74, 6) is 0.240. The Morgan fingerprint density at radius 1 is 1.37 bits per heavy atom. The van der Waals surface area contributed by atoms with Gasteiger partial charge in [-0.15, -0.1) is 0 Å². The van der Waals surface area contributed by atoms with Gasteiger partial charge in [0.15, 0.2) is 0 Å². The number of carbonyl (C=O) groups excluding carboxylic acids is 1. The van der Waals surface area contributed by atoms with Crippen LogP contribution in [0, 0.1) is 5.92 Å². The molecule has 0 aromatic heterocycles. The second-order valence-corrected chi connectivity index (χ2v) is 6.57. The van der Waals surface area contributed by atoms with Crippen molar-refractivity contribution in [2.45, 2.75) is 57.7 Å². The van der Waals surface area contributed by atoms with E-state index in [0.29, 0.717) is 13.2 Å². The van der Waals surface area contributed by atoms with E-state index in [1.54, 1.807) is 0 Å². The molecule has 2 saturated heterocycles. The Labute approximate surface area is 115 Å². The highest BCUT2D eigenvalue weighted by Crippen LogP contribution is 2.29. The van der Waals surface area contributed by atoms with Crippen LogP contribution in [0.4, 0.5) is 4.79 Å². The number of rotatable bonds is 0. The molecule has 1 amide bonds. The third-order valence-electron chi connectivity index (χ3n) is 3.88. The molecule has 0 radical (unpaired) electrons. The highest BCUT2D eigenvalue weighted by Gasteiger charge is 2.40. The van der Waals surface area contributed by atoms with Crippen molar-refractivity contribution in [3.63, 3.8) is 0 Å². The Bertz CT molecular complexity index is 327. The lowest BCUT2D eigenvalue weighted by Crippen LogP contribution is -2.53. The van der Waals surface area contributed by atoms with Crippen molar-refractivity contribution in [2.75, 3.05) is 19.8 Å². The van der Waals surface area contributed by atoms with Crippen molar-refractivity contribution in [1.29, 1.82) is 0 Å². The second kappa shape index (κ2) is 5.67. The van der Waals surface area contributed by atoms with Gasteiger partial charge in [0.1, 0.15) is 5.60 Å². The van der Waals surface area contributed by atoms with Gasteiger partial charge in [-0.05, 0) is 40.0 Å². The van der Waals surface area contributed by atoms with Gasteiger partial charge < -0.3 is 20.1 Å². The Morgan fingerprint density at radius 2 is 2.11 bits per heavy atom. The van der Waals surface area contributed by atoms with Crippen molar-refractivity contribution >= 4 is 6.09 Å². The molecule has 5 nitrogen and oxygen atoms in total. The first kappa shape index (κ1) is 14.6. The fourth-order valence-electron chi connectivity index (χ4n) is 2.97. The summed E-state index contributed by atoms with van der Waals surface area (Å²) in [6.07, 6.45) is 2.54. The topological polar surface area (TPSA) is 64.8 Å². The molecule has 110 valence electrons. The average Bonchev–Trinajstić information content (AvgIpc) is 2.47. The van der Waals surface area contributed by atoms with E-state index in [0.717, 1.165) is 25.8 Å². The number of nitrogens with zero attached hydrogens (tertiary/aromatic N) is 1. The Hall–Kier alpha value is -0.810. The summed E-state index contributed by atoms with van der Waals surface area (Å²) in [6.45, 7) is 7.80. The molecule has 2 N–H and O–H groups in total. The van der Waals surface area contributed by atoms with Crippen molar-refractivity contribution < 1.29 is 14.3 Å². The van der Waals surface area contributed by atoms with E-state index in [1.807, 2.05) is 25.7 Å². The summed E-state index contributed by atoms with van der Waals surface area (Å²) in [5.41, 5.74) is 5.77. The maximum atomic E-state index is 12.4. The summed E-state index contributed by atoms with van der Waals surface area (Å²) >= 11 is 0. The van der Waals surface area contributed by atoms with E-state index < -0.39 is 5.60 Å². The first-order valence-corrected chi connectivity index (χ1v) is 7.21. The minimum Gasteiger partial charge on any atom is -0.444 e. The second-order valence-electron chi connectivity index (χ2n) is 6.57. The summed E-state index contributed by atoms with van der Waals surface area (Å²) in [4.78, 5) is 14.2. The molecular formula is C14H26N2O3. The Morgan fingerprint density at radius 3 is 2.79 bits per heavy atom. The highest BCUT2D eigenvalue weighted by atomic mass is 16.6. The van der Waals surface area contributed by atoms with E-state index in [4.69, 9.17) is 15.2 Å². The van der Waals surface area contributed by atoms with Gasteiger partial charge in [-0.25, -0.2) is 4.79 Å². The molecule has 2 heterocycles. The molecule has 2 aliphatic rings. The van der Waals surface area contributed by atoms with Gasteiger partial charge in [0.25, 0.3) is 0 Å². The largest absolute Gasteiger partial charge is 0.444 e. The molecule has 5 heteroatoms. The maximum Gasteiger partial charge on any atom is 0.410 e. The number of fused-ring (bicyclic) bond motifs is 1. The number of nitrogens with two attached hydrogens (primary N) is 1. The first-order valence-electron chi connectivity index (χ1n) is 7.21. The van der Waals surface area contributed by atoms with Crippen LogP contribution in [0.3, 0.4) is 0 Å². The standard InChI is InChI=1S/C14H26N2O3/c1-14(2,3)19-13(17)16-7-4-5-11(15)10-9-18-8-6-12(10)16/h10-12H,4-9,15H2,1-3H3. The quantitative estimate of drug-likeness (QED) is 0.728. The molecule has 2 fully saturated rings. The van der Waals surface area contributed by atoms with Crippen LogP contribution < -0.4 is 5.73 Å². The molecule has 19 heavy (non-hydrogen) atoms. The average molecular weight is 270 g/mol. The molecule has 0 aromatic rings. The number of hydrogen-bond donors (Lipinski definition) is 1. The monoisotopic (exact) mass is 270 g/mol. The summed E-state index contributed by atoms with van der Waals surface area (Å²) in [5, 5.41) is 0. The predicted octanol–water partition coefficient (Wildman–Crippen LogP) is 1.75. The number of hydrogen-bond acceptors (Lipinski definition) is 4. The third kappa shape index (κ3) is 3.60. The van der Waals surface area contributed by atoms with Crippen LogP contribution in [-0.4, -0.2) is 48.4 Å². The molecule has 2 aliphatic heterocycles. The molecule has 2 rings (SSSR count). The van der Waals surface area contributed by atoms with Crippen molar-refractivity contribution in [2.24, 2.45) is 11.7 Å². The third-order valence-corrected chi connectivity index (χ3v) is 3.88. The van der Waals surface area contributed by atoms with Gasteiger partial charge in [0.2, 0.25) is 0 Å². The minimum atomic E-state index is -0.452. The summed E-state index contributed by atoms with van der Waals surface area (Å²) in [7, 11) is 0. The van der Waals surface area contributed by atoms with Crippen LogP contribution >= 0.6 is 0 Å². The zero-order chi connectivity index (χ0) is 14.0. The SMILES string of the molecule is CC(C)(C)OC(=O)N1CCCC(N)C2COCCC21. The Balaban J connectivity index is 2.11. The van der Waals surface area contributed by atoms with E-state index in [-0.39, 0.29) is 24.1 Å². The van der Waals surface area contributed by atoms with Gasteiger partial charge in [-0.1, -0.05) is 0 Å².